The van der Waals surface area contributed by atoms with Crippen molar-refractivity contribution in [3.05, 3.63) is 34.6 Å². The maximum absolute atomic E-state index is 7.43. The highest BCUT2D eigenvalue weighted by Crippen LogP contribution is 2.34. The van der Waals surface area contributed by atoms with Gasteiger partial charge in [0.15, 0.2) is 5.16 Å². The quantitative estimate of drug-likeness (QED) is 0.672. The van der Waals surface area contributed by atoms with E-state index in [0.717, 1.165) is 35.3 Å². The van der Waals surface area contributed by atoms with Gasteiger partial charge < -0.3 is 10.3 Å². The summed E-state index contributed by atoms with van der Waals surface area (Å²) in [4.78, 5) is 0.904. The van der Waals surface area contributed by atoms with Crippen LogP contribution in [0.1, 0.15) is 30.7 Å². The molecular formula is C14H16ClN5S. The van der Waals surface area contributed by atoms with Gasteiger partial charge in [0.25, 0.3) is 0 Å². The lowest BCUT2D eigenvalue weighted by Gasteiger charge is -2.08. The highest BCUT2D eigenvalue weighted by Gasteiger charge is 2.16. The number of benzene rings is 1. The molecule has 21 heavy (non-hydrogen) atoms. The second-order valence-corrected chi connectivity index (χ2v) is 6.44. The Hall–Kier alpha value is -1.53. The third-order valence-electron chi connectivity index (χ3n) is 3.52. The van der Waals surface area contributed by atoms with Crippen molar-refractivity contribution < 1.29 is 0 Å². The van der Waals surface area contributed by atoms with Gasteiger partial charge in [0, 0.05) is 23.4 Å². The fourth-order valence-corrected chi connectivity index (χ4v) is 3.56. The summed E-state index contributed by atoms with van der Waals surface area (Å²) < 4.78 is 2.19. The summed E-state index contributed by atoms with van der Waals surface area (Å²) in [5.74, 6) is 1.08. The van der Waals surface area contributed by atoms with E-state index in [4.69, 9.17) is 22.7 Å². The summed E-state index contributed by atoms with van der Waals surface area (Å²) >= 11 is 7.79. The zero-order valence-corrected chi connectivity index (χ0v) is 13.0. The van der Waals surface area contributed by atoms with Gasteiger partial charge in [-0.05, 0) is 36.7 Å². The number of nitrogens with zero attached hydrogens (tertiary/aromatic N) is 3. The minimum atomic E-state index is 0.0183. The molecule has 0 aliphatic carbocycles. The summed E-state index contributed by atoms with van der Waals surface area (Å²) in [5, 5.41) is 17.5. The number of aromatic nitrogens is 3. The van der Waals surface area contributed by atoms with Gasteiger partial charge in [-0.3, -0.25) is 5.41 Å². The van der Waals surface area contributed by atoms with Gasteiger partial charge in [-0.15, -0.1) is 10.2 Å². The van der Waals surface area contributed by atoms with E-state index >= 15 is 0 Å². The summed E-state index contributed by atoms with van der Waals surface area (Å²) in [6.07, 6.45) is 4.57. The molecule has 1 aromatic heterocycles. The van der Waals surface area contributed by atoms with Crippen molar-refractivity contribution in [3.8, 4) is 0 Å². The van der Waals surface area contributed by atoms with Crippen LogP contribution in [0.15, 0.2) is 28.3 Å². The molecule has 7 heteroatoms. The van der Waals surface area contributed by atoms with Crippen LogP contribution >= 0.6 is 23.4 Å². The standard InChI is InChI=1S/C14H16ClN5S/c15-10-8-9(13(16)17)5-6-11(10)21-14-19-18-12-4-2-1-3-7-20(12)14/h5-6,8H,1-4,7H2,(H3,16,17). The monoisotopic (exact) mass is 321 g/mol. The van der Waals surface area contributed by atoms with Gasteiger partial charge in [-0.1, -0.05) is 24.1 Å². The molecule has 0 spiro atoms. The number of halogens is 1. The van der Waals surface area contributed by atoms with Crippen molar-refractivity contribution >= 4 is 29.2 Å². The molecule has 1 aliphatic heterocycles. The third kappa shape index (κ3) is 3.06. The number of fused-ring (bicyclic) bond motifs is 1. The lowest BCUT2D eigenvalue weighted by atomic mass is 10.2. The molecule has 0 saturated heterocycles. The highest BCUT2D eigenvalue weighted by molar-refractivity contribution is 7.99. The zero-order valence-electron chi connectivity index (χ0n) is 11.5. The van der Waals surface area contributed by atoms with Crippen molar-refractivity contribution in [2.45, 2.75) is 42.3 Å². The SMILES string of the molecule is N=C(N)c1ccc(Sc2nnc3n2CCCCC3)c(Cl)c1. The summed E-state index contributed by atoms with van der Waals surface area (Å²) in [7, 11) is 0. The molecule has 0 saturated carbocycles. The minimum Gasteiger partial charge on any atom is -0.384 e. The molecule has 0 bridgehead atoms. The molecule has 0 atom stereocenters. The Kier molecular flexibility index (Phi) is 4.17. The van der Waals surface area contributed by atoms with E-state index in [2.05, 4.69) is 14.8 Å². The molecule has 110 valence electrons. The number of rotatable bonds is 3. The topological polar surface area (TPSA) is 80.6 Å². The number of aryl methyl sites for hydroxylation is 1. The average Bonchev–Trinajstić information content (AvgIpc) is 2.69. The van der Waals surface area contributed by atoms with E-state index in [0.29, 0.717) is 10.6 Å². The summed E-state index contributed by atoms with van der Waals surface area (Å²) in [6, 6.07) is 5.39. The first-order valence-electron chi connectivity index (χ1n) is 6.89. The van der Waals surface area contributed by atoms with Crippen LogP contribution in [-0.4, -0.2) is 20.6 Å². The molecule has 0 amide bonds. The Labute approximate surface area is 132 Å². The molecule has 2 aromatic rings. The van der Waals surface area contributed by atoms with Gasteiger partial charge >= 0.3 is 0 Å². The predicted octanol–water partition coefficient (Wildman–Crippen LogP) is 3.09. The Morgan fingerprint density at radius 1 is 1.29 bits per heavy atom. The number of hydrogen-bond acceptors (Lipinski definition) is 4. The molecular weight excluding hydrogens is 306 g/mol. The van der Waals surface area contributed by atoms with Crippen LogP contribution in [0.3, 0.4) is 0 Å². The van der Waals surface area contributed by atoms with Crippen molar-refractivity contribution in [2.24, 2.45) is 5.73 Å². The van der Waals surface area contributed by atoms with Gasteiger partial charge in [0.2, 0.25) is 0 Å². The second-order valence-electron chi connectivity index (χ2n) is 5.02. The van der Waals surface area contributed by atoms with E-state index < -0.39 is 0 Å². The first-order chi connectivity index (χ1) is 10.1. The van der Waals surface area contributed by atoms with E-state index in [9.17, 15) is 0 Å². The molecule has 1 aliphatic rings. The molecule has 0 radical (unpaired) electrons. The van der Waals surface area contributed by atoms with Gasteiger partial charge in [-0.25, -0.2) is 0 Å². The Bertz CT molecular complexity index is 682. The predicted molar refractivity (Wildman–Crippen MR) is 84.2 cm³/mol. The van der Waals surface area contributed by atoms with Crippen molar-refractivity contribution in [2.75, 3.05) is 0 Å². The number of hydrogen-bond donors (Lipinski definition) is 2. The first-order valence-corrected chi connectivity index (χ1v) is 8.08. The van der Waals surface area contributed by atoms with Crippen LogP contribution in [-0.2, 0) is 13.0 Å². The van der Waals surface area contributed by atoms with Crippen LogP contribution in [0.25, 0.3) is 0 Å². The van der Waals surface area contributed by atoms with Crippen LogP contribution in [0, 0.1) is 5.41 Å². The fourth-order valence-electron chi connectivity index (χ4n) is 2.38. The molecule has 3 N–H and O–H groups in total. The van der Waals surface area contributed by atoms with E-state index in [1.54, 1.807) is 12.1 Å². The number of nitrogens with one attached hydrogen (secondary N) is 1. The normalized spacial score (nSPS) is 14.5. The lowest BCUT2D eigenvalue weighted by molar-refractivity contribution is 0.591. The Balaban J connectivity index is 1.87. The number of nitrogens with two attached hydrogens (primary N) is 1. The van der Waals surface area contributed by atoms with E-state index in [-0.39, 0.29) is 5.84 Å². The molecule has 3 rings (SSSR count). The van der Waals surface area contributed by atoms with E-state index in [1.807, 2.05) is 6.07 Å². The number of nitrogen functional groups attached to an aromatic ring is 1. The van der Waals surface area contributed by atoms with Crippen LogP contribution in [0.5, 0.6) is 0 Å². The van der Waals surface area contributed by atoms with E-state index in [1.165, 1.54) is 24.6 Å². The zero-order chi connectivity index (χ0) is 14.8. The first kappa shape index (κ1) is 14.4. The van der Waals surface area contributed by atoms with Crippen LogP contribution in [0.4, 0.5) is 0 Å². The fraction of sp³-hybridized carbons (Fsp3) is 0.357. The van der Waals surface area contributed by atoms with Crippen LogP contribution in [0.2, 0.25) is 5.02 Å². The third-order valence-corrected chi connectivity index (χ3v) is 5.00. The van der Waals surface area contributed by atoms with Gasteiger partial charge in [0.05, 0.1) is 5.02 Å². The highest BCUT2D eigenvalue weighted by atomic mass is 35.5. The Morgan fingerprint density at radius 2 is 2.14 bits per heavy atom. The van der Waals surface area contributed by atoms with Crippen LogP contribution < -0.4 is 5.73 Å². The molecule has 2 heterocycles. The van der Waals surface area contributed by atoms with Crippen molar-refractivity contribution in [1.29, 1.82) is 5.41 Å². The molecule has 1 aromatic carbocycles. The minimum absolute atomic E-state index is 0.0183. The molecule has 0 fully saturated rings. The van der Waals surface area contributed by atoms with Gasteiger partial charge in [-0.2, -0.15) is 0 Å². The Morgan fingerprint density at radius 3 is 2.90 bits per heavy atom. The molecule has 5 nitrogen and oxygen atoms in total. The summed E-state index contributed by atoms with van der Waals surface area (Å²) in [5.41, 5.74) is 6.10. The summed E-state index contributed by atoms with van der Waals surface area (Å²) in [6.45, 7) is 0.966. The maximum Gasteiger partial charge on any atom is 0.196 e. The maximum atomic E-state index is 7.43. The van der Waals surface area contributed by atoms with Crippen molar-refractivity contribution in [3.63, 3.8) is 0 Å². The molecule has 0 unspecified atom stereocenters. The lowest BCUT2D eigenvalue weighted by Crippen LogP contribution is -2.10. The largest absolute Gasteiger partial charge is 0.384 e. The number of amidine groups is 1. The van der Waals surface area contributed by atoms with Gasteiger partial charge in [0.1, 0.15) is 11.7 Å². The van der Waals surface area contributed by atoms with Crippen molar-refractivity contribution in [1.82, 2.24) is 14.8 Å². The smallest absolute Gasteiger partial charge is 0.196 e. The second kappa shape index (κ2) is 6.07. The average molecular weight is 322 g/mol.